The van der Waals surface area contributed by atoms with E-state index in [4.69, 9.17) is 9.97 Å². The zero-order chi connectivity index (χ0) is 24.3. The molecule has 3 heterocycles. The summed E-state index contributed by atoms with van der Waals surface area (Å²) < 4.78 is 0. The van der Waals surface area contributed by atoms with Gasteiger partial charge in [0.15, 0.2) is 0 Å². The second-order valence-corrected chi connectivity index (χ2v) is 9.92. The molecule has 2 aliphatic rings. The first-order valence-corrected chi connectivity index (χ1v) is 12.1. The highest BCUT2D eigenvalue weighted by Crippen LogP contribution is 2.32. The number of benzene rings is 1. The summed E-state index contributed by atoms with van der Waals surface area (Å²) in [6, 6.07) is 11.5. The topological polar surface area (TPSA) is 81.7 Å². The van der Waals surface area contributed by atoms with E-state index >= 15 is 0 Å². The molecule has 1 aromatic carbocycles. The first-order valence-electron chi connectivity index (χ1n) is 12.1. The van der Waals surface area contributed by atoms with Gasteiger partial charge in [0.05, 0.1) is 0 Å². The van der Waals surface area contributed by atoms with Crippen molar-refractivity contribution in [2.75, 3.05) is 46.8 Å². The molecule has 2 saturated heterocycles. The van der Waals surface area contributed by atoms with Crippen LogP contribution in [-0.2, 0) is 16.8 Å². The van der Waals surface area contributed by atoms with Crippen LogP contribution in [0.2, 0.25) is 0 Å². The number of nitrogens with one attached hydrogen (secondary N) is 1. The van der Waals surface area contributed by atoms with Crippen LogP contribution in [0.15, 0.2) is 36.4 Å². The average molecular weight is 465 g/mol. The Kier molecular flexibility index (Phi) is 7.28. The lowest BCUT2D eigenvalue weighted by molar-refractivity contribution is -0.128. The molecule has 0 aliphatic carbocycles. The van der Waals surface area contributed by atoms with Crippen LogP contribution < -0.4 is 5.32 Å². The van der Waals surface area contributed by atoms with Crippen LogP contribution >= 0.6 is 0 Å². The molecule has 0 saturated carbocycles. The smallest absolute Gasteiger partial charge is 0.272 e. The predicted molar refractivity (Wildman–Crippen MR) is 131 cm³/mol. The fraction of sp³-hybridized carbons (Fsp3) is 0.538. The molecule has 1 N–H and O–H groups in total. The number of aromatic nitrogens is 2. The van der Waals surface area contributed by atoms with Crippen molar-refractivity contribution in [3.63, 3.8) is 0 Å². The SMILES string of the molecule is CNC(=O)[C@H]1CN(C(=O)c2cc(C)nc(C3(C)CCN(C)CC3)n2)CCN1Cc1ccccc1. The molecule has 2 amide bonds. The van der Waals surface area contributed by atoms with Crippen LogP contribution in [-0.4, -0.2) is 89.3 Å². The summed E-state index contributed by atoms with van der Waals surface area (Å²) in [6.45, 7) is 8.30. The van der Waals surface area contributed by atoms with Gasteiger partial charge in [-0.1, -0.05) is 37.3 Å². The van der Waals surface area contributed by atoms with Gasteiger partial charge in [0, 0.05) is 44.3 Å². The number of likely N-dealkylation sites (tertiary alicyclic amines) is 1. The van der Waals surface area contributed by atoms with Crippen molar-refractivity contribution >= 4 is 11.8 Å². The molecule has 182 valence electrons. The summed E-state index contributed by atoms with van der Waals surface area (Å²) in [4.78, 5) is 42.0. The van der Waals surface area contributed by atoms with Gasteiger partial charge in [0.1, 0.15) is 17.6 Å². The van der Waals surface area contributed by atoms with Gasteiger partial charge >= 0.3 is 0 Å². The number of nitrogens with zero attached hydrogens (tertiary/aromatic N) is 5. The van der Waals surface area contributed by atoms with Gasteiger partial charge in [-0.15, -0.1) is 0 Å². The standard InChI is InChI=1S/C26H36N6O2/c1-19-16-21(29-25(28-19)26(2)10-12-30(4)13-11-26)24(34)32-15-14-31(22(18-32)23(33)27-3)17-20-8-6-5-7-9-20/h5-9,16,22H,10-15,17-18H2,1-4H3,(H,27,33)/t22-/m1/s1. The van der Waals surface area contributed by atoms with Crippen LogP contribution in [0.3, 0.4) is 0 Å². The highest BCUT2D eigenvalue weighted by Gasteiger charge is 2.37. The lowest BCUT2D eigenvalue weighted by atomic mass is 9.79. The van der Waals surface area contributed by atoms with Crippen LogP contribution in [0.25, 0.3) is 0 Å². The summed E-state index contributed by atoms with van der Waals surface area (Å²) in [6.07, 6.45) is 1.94. The van der Waals surface area contributed by atoms with Crippen LogP contribution in [0.1, 0.15) is 47.3 Å². The van der Waals surface area contributed by atoms with E-state index in [0.717, 1.165) is 43.0 Å². The van der Waals surface area contributed by atoms with Crippen molar-refractivity contribution in [1.82, 2.24) is 30.0 Å². The van der Waals surface area contributed by atoms with E-state index in [-0.39, 0.29) is 17.2 Å². The lowest BCUT2D eigenvalue weighted by Gasteiger charge is -2.40. The van der Waals surface area contributed by atoms with Gasteiger partial charge in [-0.3, -0.25) is 14.5 Å². The third kappa shape index (κ3) is 5.28. The Bertz CT molecular complexity index is 1020. The molecule has 8 nitrogen and oxygen atoms in total. The zero-order valence-electron chi connectivity index (χ0n) is 20.8. The van der Waals surface area contributed by atoms with Crippen molar-refractivity contribution in [3.05, 3.63) is 59.2 Å². The van der Waals surface area contributed by atoms with E-state index < -0.39 is 6.04 Å². The van der Waals surface area contributed by atoms with Crippen molar-refractivity contribution in [2.24, 2.45) is 0 Å². The summed E-state index contributed by atoms with van der Waals surface area (Å²) >= 11 is 0. The molecule has 4 rings (SSSR count). The van der Waals surface area contributed by atoms with Crippen LogP contribution in [0.5, 0.6) is 0 Å². The largest absolute Gasteiger partial charge is 0.358 e. The monoisotopic (exact) mass is 464 g/mol. The van der Waals surface area contributed by atoms with E-state index in [2.05, 4.69) is 41.2 Å². The third-order valence-corrected chi connectivity index (χ3v) is 7.26. The average Bonchev–Trinajstić information content (AvgIpc) is 2.85. The van der Waals surface area contributed by atoms with Gasteiger partial charge in [-0.05, 0) is 51.5 Å². The number of hydrogen-bond acceptors (Lipinski definition) is 6. The van der Waals surface area contributed by atoms with Crippen LogP contribution in [0, 0.1) is 6.92 Å². The third-order valence-electron chi connectivity index (χ3n) is 7.26. The molecule has 34 heavy (non-hydrogen) atoms. The Labute approximate surface area is 202 Å². The maximum absolute atomic E-state index is 13.5. The molecule has 8 heteroatoms. The quantitative estimate of drug-likeness (QED) is 0.727. The molecular weight excluding hydrogens is 428 g/mol. The van der Waals surface area contributed by atoms with E-state index in [1.807, 2.05) is 25.1 Å². The molecule has 2 aliphatic heterocycles. The number of piperidine rings is 1. The Balaban J connectivity index is 1.53. The highest BCUT2D eigenvalue weighted by atomic mass is 16.2. The first-order chi connectivity index (χ1) is 16.3. The maximum Gasteiger partial charge on any atom is 0.272 e. The molecular formula is C26H36N6O2. The number of piperazine rings is 1. The molecule has 0 spiro atoms. The summed E-state index contributed by atoms with van der Waals surface area (Å²) in [5, 5.41) is 2.77. The number of carbonyl (C=O) groups excluding carboxylic acids is 2. The minimum absolute atomic E-state index is 0.0770. The molecule has 0 bridgehead atoms. The van der Waals surface area contributed by atoms with E-state index in [1.54, 1.807) is 18.0 Å². The first kappa shape index (κ1) is 24.3. The van der Waals surface area contributed by atoms with Crippen molar-refractivity contribution in [3.8, 4) is 0 Å². The minimum atomic E-state index is -0.406. The van der Waals surface area contributed by atoms with E-state index in [9.17, 15) is 9.59 Å². The number of amides is 2. The number of aryl methyl sites for hydroxylation is 1. The van der Waals surface area contributed by atoms with Crippen molar-refractivity contribution < 1.29 is 9.59 Å². The van der Waals surface area contributed by atoms with E-state index in [0.29, 0.717) is 31.9 Å². The van der Waals surface area contributed by atoms with Crippen molar-refractivity contribution in [1.29, 1.82) is 0 Å². The fourth-order valence-electron chi connectivity index (χ4n) is 4.87. The highest BCUT2D eigenvalue weighted by molar-refractivity contribution is 5.93. The second-order valence-electron chi connectivity index (χ2n) is 9.92. The number of rotatable bonds is 5. The number of likely N-dealkylation sites (N-methyl/N-ethyl adjacent to an activating group) is 1. The maximum atomic E-state index is 13.5. The molecule has 0 radical (unpaired) electrons. The Morgan fingerprint density at radius 3 is 2.47 bits per heavy atom. The Morgan fingerprint density at radius 2 is 1.79 bits per heavy atom. The predicted octanol–water partition coefficient (Wildman–Crippen LogP) is 1.84. The summed E-state index contributed by atoms with van der Waals surface area (Å²) in [7, 11) is 3.78. The summed E-state index contributed by atoms with van der Waals surface area (Å²) in [5.74, 6) is 0.554. The second kappa shape index (κ2) is 10.2. The molecule has 1 atom stereocenters. The van der Waals surface area contributed by atoms with Gasteiger partial charge in [0.25, 0.3) is 5.91 Å². The van der Waals surface area contributed by atoms with Gasteiger partial charge in [-0.2, -0.15) is 0 Å². The number of carbonyl (C=O) groups is 2. The minimum Gasteiger partial charge on any atom is -0.358 e. The Hall–Kier alpha value is -2.84. The molecule has 1 aromatic heterocycles. The Morgan fingerprint density at radius 1 is 1.09 bits per heavy atom. The van der Waals surface area contributed by atoms with E-state index in [1.165, 1.54) is 0 Å². The van der Waals surface area contributed by atoms with Crippen molar-refractivity contribution in [2.45, 2.75) is 44.7 Å². The lowest BCUT2D eigenvalue weighted by Crippen LogP contribution is -2.59. The fourth-order valence-corrected chi connectivity index (χ4v) is 4.87. The van der Waals surface area contributed by atoms with Gasteiger partial charge in [-0.25, -0.2) is 9.97 Å². The molecule has 2 aromatic rings. The zero-order valence-corrected chi connectivity index (χ0v) is 20.8. The van der Waals surface area contributed by atoms with Crippen LogP contribution in [0.4, 0.5) is 0 Å². The van der Waals surface area contributed by atoms with Gasteiger partial charge in [0.2, 0.25) is 5.91 Å². The molecule has 0 unspecified atom stereocenters. The van der Waals surface area contributed by atoms with Gasteiger partial charge < -0.3 is 15.1 Å². The number of hydrogen-bond donors (Lipinski definition) is 1. The summed E-state index contributed by atoms with van der Waals surface area (Å²) in [5.41, 5.74) is 2.25. The molecule has 2 fully saturated rings. The normalized spacial score (nSPS) is 21.3.